The van der Waals surface area contributed by atoms with Gasteiger partial charge in [-0.05, 0) is 57.0 Å². The molecule has 53 heavy (non-hydrogen) atoms. The molecule has 3 N–H and O–H groups in total. The first kappa shape index (κ1) is 37.3. The Kier molecular flexibility index (Phi) is 9.39. The Morgan fingerprint density at radius 1 is 1.15 bits per heavy atom. The number of likely N-dealkylation sites (N-methyl/N-ethyl adjacent to an activating group) is 2. The topological polar surface area (TPSA) is 115 Å². The zero-order chi connectivity index (χ0) is 38.2. The van der Waals surface area contributed by atoms with E-state index in [1.807, 2.05) is 11.8 Å². The number of rotatable bonds is 8. The third kappa shape index (κ3) is 6.18. The van der Waals surface area contributed by atoms with Crippen molar-refractivity contribution in [2.75, 3.05) is 50.0 Å². The Morgan fingerprint density at radius 3 is 2.55 bits per heavy atom. The van der Waals surface area contributed by atoms with Crippen LogP contribution < -0.4 is 15.4 Å². The second-order valence-electron chi connectivity index (χ2n) is 13.7. The number of aromatic nitrogens is 2. The number of anilines is 2. The fraction of sp³-hybridized carbons (Fsp3) is 0.514. The predicted octanol–water partition coefficient (Wildman–Crippen LogP) is 7.34. The minimum Gasteiger partial charge on any atom is -0.461 e. The lowest BCUT2D eigenvalue weighted by Crippen LogP contribution is -2.46. The number of fused-ring (bicyclic) bond motifs is 3. The monoisotopic (exact) mass is 769 g/mol. The zero-order valence-corrected chi connectivity index (χ0v) is 29.4. The van der Waals surface area contributed by atoms with Gasteiger partial charge < -0.3 is 20.5 Å². The second-order valence-corrected chi connectivity index (χ2v) is 14.7. The van der Waals surface area contributed by atoms with Crippen molar-refractivity contribution in [2.24, 2.45) is 0 Å². The SMILES string of the molecule is CCN1CC[C@H](N(CC)c2nc(OC[C@@]34CCCN3C[C@H](F)C4)nc3c(C(F)(F)F)c(-c4ccc(F)c5sc(N)c(C#N)c45)c(C(F)(F)F)cc23)C1O. The highest BCUT2D eigenvalue weighted by Gasteiger charge is 2.50. The molecule has 3 aliphatic rings. The van der Waals surface area contributed by atoms with Gasteiger partial charge in [0.25, 0.3) is 0 Å². The Balaban J connectivity index is 1.55. The fourth-order valence-corrected chi connectivity index (χ4v) is 9.43. The van der Waals surface area contributed by atoms with E-state index in [0.29, 0.717) is 49.9 Å². The van der Waals surface area contributed by atoms with Crippen LogP contribution in [0.3, 0.4) is 0 Å². The minimum atomic E-state index is -5.51. The number of likely N-dealkylation sites (tertiary alicyclic amines) is 1. The van der Waals surface area contributed by atoms with E-state index in [0.717, 1.165) is 18.6 Å². The van der Waals surface area contributed by atoms with E-state index in [9.17, 15) is 14.8 Å². The number of nitrogen functional groups attached to an aromatic ring is 1. The van der Waals surface area contributed by atoms with Gasteiger partial charge in [0.05, 0.1) is 38.5 Å². The van der Waals surface area contributed by atoms with E-state index in [2.05, 4.69) is 9.97 Å². The summed E-state index contributed by atoms with van der Waals surface area (Å²) in [5, 5.41) is 19.7. The molecule has 4 aromatic rings. The molecular formula is C35H35F8N7O2S. The maximum Gasteiger partial charge on any atom is 0.419 e. The van der Waals surface area contributed by atoms with Gasteiger partial charge >= 0.3 is 18.4 Å². The molecule has 0 amide bonds. The molecule has 9 nitrogen and oxygen atoms in total. The van der Waals surface area contributed by atoms with Crippen molar-refractivity contribution in [3.63, 3.8) is 0 Å². The number of nitrogens with two attached hydrogens (primary N) is 1. The molecule has 284 valence electrons. The molecular weight excluding hydrogens is 734 g/mol. The van der Waals surface area contributed by atoms with Crippen LogP contribution in [0.4, 0.5) is 45.9 Å². The number of benzene rings is 2. The van der Waals surface area contributed by atoms with Crippen molar-refractivity contribution in [3.8, 4) is 23.2 Å². The average Bonchev–Trinajstić information content (AvgIpc) is 3.83. The number of aliphatic hydroxyl groups excluding tert-OH is 1. The van der Waals surface area contributed by atoms with Crippen molar-refractivity contribution >= 4 is 43.1 Å². The maximum absolute atomic E-state index is 15.6. The van der Waals surface area contributed by atoms with Gasteiger partial charge in [0.15, 0.2) is 0 Å². The molecule has 3 saturated heterocycles. The summed E-state index contributed by atoms with van der Waals surface area (Å²) >= 11 is 0.530. The standard InChI is InChI=1S/C35H35F8N7O2S/c1-3-48-11-8-23(31(48)51)50(4-2)30-19-12-21(34(38,39)40)25(18-6-7-22(37)28-24(18)20(14-44)29(45)53-28)26(35(41,42)43)27(19)46-32(47-30)52-16-33-9-5-10-49(33)15-17(36)13-33/h6-7,12,17,23,31,51H,3-5,8-11,13,15-16,45H2,1-2H3/t17-,23+,31?,33+/m1/s1. The molecule has 1 unspecified atom stereocenters. The lowest BCUT2D eigenvalue weighted by atomic mass is 9.88. The van der Waals surface area contributed by atoms with Crippen molar-refractivity contribution in [1.29, 1.82) is 5.26 Å². The van der Waals surface area contributed by atoms with Crippen LogP contribution in [0.1, 0.15) is 56.2 Å². The summed E-state index contributed by atoms with van der Waals surface area (Å²) in [6.07, 6.45) is -11.5. The average molecular weight is 770 g/mol. The quantitative estimate of drug-likeness (QED) is 0.178. The van der Waals surface area contributed by atoms with Gasteiger partial charge in [0.2, 0.25) is 0 Å². The molecule has 0 aliphatic carbocycles. The smallest absolute Gasteiger partial charge is 0.419 e. The first-order chi connectivity index (χ1) is 25.0. The number of hydrogen-bond acceptors (Lipinski definition) is 10. The van der Waals surface area contributed by atoms with E-state index in [1.54, 1.807) is 17.9 Å². The van der Waals surface area contributed by atoms with E-state index in [1.165, 1.54) is 4.90 Å². The molecule has 2 aromatic carbocycles. The maximum atomic E-state index is 15.6. The van der Waals surface area contributed by atoms with Crippen LogP contribution in [0, 0.1) is 17.1 Å². The zero-order valence-electron chi connectivity index (χ0n) is 28.6. The summed E-state index contributed by atoms with van der Waals surface area (Å²) in [7, 11) is 0. The summed E-state index contributed by atoms with van der Waals surface area (Å²) < 4.78 is 128. The van der Waals surface area contributed by atoms with Crippen LogP contribution in [-0.4, -0.2) is 88.2 Å². The van der Waals surface area contributed by atoms with Gasteiger partial charge in [-0.25, -0.2) is 8.78 Å². The highest BCUT2D eigenvalue weighted by Crippen LogP contribution is 2.52. The molecule has 2 aromatic heterocycles. The predicted molar refractivity (Wildman–Crippen MR) is 183 cm³/mol. The largest absolute Gasteiger partial charge is 0.461 e. The van der Waals surface area contributed by atoms with Crippen molar-refractivity contribution in [2.45, 2.75) is 75.9 Å². The van der Waals surface area contributed by atoms with Crippen LogP contribution >= 0.6 is 11.3 Å². The van der Waals surface area contributed by atoms with Gasteiger partial charge in [0.1, 0.15) is 41.7 Å². The number of nitrogens with zero attached hydrogens (tertiary/aromatic N) is 6. The van der Waals surface area contributed by atoms with Crippen molar-refractivity contribution in [1.82, 2.24) is 19.8 Å². The van der Waals surface area contributed by atoms with Gasteiger partial charge in [-0.3, -0.25) is 9.80 Å². The summed E-state index contributed by atoms with van der Waals surface area (Å²) in [4.78, 5) is 13.7. The number of hydrogen-bond donors (Lipinski definition) is 2. The Labute approximate surface area is 302 Å². The van der Waals surface area contributed by atoms with Gasteiger partial charge in [-0.2, -0.15) is 41.6 Å². The molecule has 18 heteroatoms. The Hall–Kier alpha value is -4.05. The third-order valence-electron chi connectivity index (χ3n) is 10.8. The number of halogens is 8. The second kappa shape index (κ2) is 13.4. The van der Waals surface area contributed by atoms with Crippen LogP contribution in [0.5, 0.6) is 6.01 Å². The Bertz CT molecular complexity index is 2120. The first-order valence-corrected chi connectivity index (χ1v) is 18.0. The van der Waals surface area contributed by atoms with E-state index in [4.69, 9.17) is 10.5 Å². The third-order valence-corrected chi connectivity index (χ3v) is 11.8. The highest BCUT2D eigenvalue weighted by atomic mass is 32.1. The molecule has 4 atom stereocenters. The first-order valence-electron chi connectivity index (χ1n) is 17.2. The van der Waals surface area contributed by atoms with Crippen LogP contribution in [0.15, 0.2) is 18.2 Å². The summed E-state index contributed by atoms with van der Waals surface area (Å²) in [6, 6.07) is 2.38. The molecule has 0 spiro atoms. The van der Waals surface area contributed by atoms with E-state index in [-0.39, 0.29) is 41.6 Å². The summed E-state index contributed by atoms with van der Waals surface area (Å²) in [5.41, 5.74) is -1.87. The fourth-order valence-electron chi connectivity index (χ4n) is 8.48. The van der Waals surface area contributed by atoms with Crippen molar-refractivity contribution < 1.29 is 45.0 Å². The van der Waals surface area contributed by atoms with Crippen LogP contribution in [0.25, 0.3) is 32.1 Å². The molecule has 0 radical (unpaired) electrons. The van der Waals surface area contributed by atoms with Crippen LogP contribution in [-0.2, 0) is 12.4 Å². The number of thiophene rings is 1. The number of ether oxygens (including phenoxy) is 1. The Morgan fingerprint density at radius 2 is 1.91 bits per heavy atom. The molecule has 3 fully saturated rings. The van der Waals surface area contributed by atoms with Gasteiger partial charge in [-0.15, -0.1) is 11.3 Å². The van der Waals surface area contributed by atoms with E-state index < -0.39 is 92.3 Å². The molecule has 7 rings (SSSR count). The van der Waals surface area contributed by atoms with Crippen molar-refractivity contribution in [3.05, 3.63) is 40.7 Å². The molecule has 0 saturated carbocycles. The molecule has 3 aliphatic heterocycles. The lowest BCUT2D eigenvalue weighted by Gasteiger charge is -2.34. The number of alkyl halides is 7. The van der Waals surface area contributed by atoms with Gasteiger partial charge in [0, 0.05) is 42.4 Å². The lowest BCUT2D eigenvalue weighted by molar-refractivity contribution is -0.141. The van der Waals surface area contributed by atoms with Gasteiger partial charge in [-0.1, -0.05) is 13.0 Å². The highest BCUT2D eigenvalue weighted by molar-refractivity contribution is 7.23. The summed E-state index contributed by atoms with van der Waals surface area (Å²) in [6.45, 7) is 4.88. The number of aliphatic hydroxyl groups is 1. The normalized spacial score (nSPS) is 24.0. The van der Waals surface area contributed by atoms with Crippen LogP contribution in [0.2, 0.25) is 0 Å². The van der Waals surface area contributed by atoms with E-state index >= 15 is 30.7 Å². The molecule has 0 bridgehead atoms. The molecule has 5 heterocycles. The summed E-state index contributed by atoms with van der Waals surface area (Å²) in [5.74, 6) is -1.31. The minimum absolute atomic E-state index is 0.0226. The number of nitriles is 1.